The van der Waals surface area contributed by atoms with Crippen LogP contribution in [-0.2, 0) is 9.53 Å². The van der Waals surface area contributed by atoms with E-state index in [-0.39, 0.29) is 5.97 Å². The van der Waals surface area contributed by atoms with Gasteiger partial charge in [0, 0.05) is 6.42 Å². The molecule has 0 aromatic carbocycles. The van der Waals surface area contributed by atoms with Gasteiger partial charge in [-0.25, -0.2) is 0 Å². The zero-order valence-corrected chi connectivity index (χ0v) is 20.3. The van der Waals surface area contributed by atoms with Crippen LogP contribution in [0.25, 0.3) is 0 Å². The van der Waals surface area contributed by atoms with Crippen molar-refractivity contribution in [3.8, 4) is 0 Å². The Morgan fingerprint density at radius 3 is 1.36 bits per heavy atom. The van der Waals surface area contributed by atoms with Crippen molar-refractivity contribution >= 4 is 5.97 Å². The fraction of sp³-hybridized carbons (Fsp3) is 0.962. The minimum absolute atomic E-state index is 0.00464. The van der Waals surface area contributed by atoms with Crippen molar-refractivity contribution in [3.63, 3.8) is 0 Å². The average molecular weight is 399 g/mol. The van der Waals surface area contributed by atoms with Gasteiger partial charge in [-0.05, 0) is 12.3 Å². The number of esters is 1. The summed E-state index contributed by atoms with van der Waals surface area (Å²) in [6.45, 7) is 11.4. The van der Waals surface area contributed by atoms with Crippen molar-refractivity contribution in [1.29, 1.82) is 0 Å². The van der Waals surface area contributed by atoms with Gasteiger partial charge >= 0.3 is 5.97 Å². The SMILES string of the molecule is CCC.CCCCCCCCCCCCCCCCCC(=O)OCC(C)CC. The molecule has 0 aliphatic carbocycles. The first-order chi connectivity index (χ1) is 13.6. The standard InChI is InChI=1S/C23H46O2.C3H8/c1-4-6-7-8-9-10-11-12-13-14-15-16-17-18-19-20-23(24)25-21-22(3)5-2;1-3-2/h22H,4-21H2,1-3H3;3H2,1-2H3. The van der Waals surface area contributed by atoms with Gasteiger partial charge in [-0.1, -0.05) is 137 Å². The largest absolute Gasteiger partial charge is 0.465 e. The van der Waals surface area contributed by atoms with Gasteiger partial charge in [0.05, 0.1) is 6.61 Å². The lowest BCUT2D eigenvalue weighted by Crippen LogP contribution is -2.11. The molecule has 0 rings (SSSR count). The molecule has 0 heterocycles. The molecule has 0 N–H and O–H groups in total. The van der Waals surface area contributed by atoms with E-state index >= 15 is 0 Å². The predicted octanol–water partition coefficient (Wildman–Crippen LogP) is 9.25. The van der Waals surface area contributed by atoms with Crippen molar-refractivity contribution < 1.29 is 9.53 Å². The van der Waals surface area contributed by atoms with Crippen molar-refractivity contribution in [3.05, 3.63) is 0 Å². The Morgan fingerprint density at radius 1 is 0.643 bits per heavy atom. The van der Waals surface area contributed by atoms with Gasteiger partial charge in [0.15, 0.2) is 0 Å². The molecule has 0 saturated carbocycles. The topological polar surface area (TPSA) is 26.3 Å². The normalized spacial score (nSPS) is 11.6. The number of ether oxygens (including phenoxy) is 1. The van der Waals surface area contributed by atoms with Crippen molar-refractivity contribution in [2.45, 2.75) is 150 Å². The number of hydrogen-bond acceptors (Lipinski definition) is 2. The molecular formula is C26H54O2. The van der Waals surface area contributed by atoms with Crippen LogP contribution in [0, 0.1) is 5.92 Å². The van der Waals surface area contributed by atoms with Crippen LogP contribution < -0.4 is 0 Å². The summed E-state index contributed by atoms with van der Waals surface area (Å²) in [4.78, 5) is 11.6. The van der Waals surface area contributed by atoms with E-state index in [0.29, 0.717) is 18.9 Å². The van der Waals surface area contributed by atoms with Crippen LogP contribution in [0.5, 0.6) is 0 Å². The Morgan fingerprint density at radius 2 is 1.00 bits per heavy atom. The number of hydrogen-bond donors (Lipinski definition) is 0. The van der Waals surface area contributed by atoms with E-state index < -0.39 is 0 Å². The Balaban J connectivity index is 0. The van der Waals surface area contributed by atoms with Gasteiger partial charge in [0.25, 0.3) is 0 Å². The molecule has 0 aliphatic rings. The van der Waals surface area contributed by atoms with Crippen LogP contribution in [-0.4, -0.2) is 12.6 Å². The Kier molecular flexibility index (Phi) is 28.0. The highest BCUT2D eigenvalue weighted by molar-refractivity contribution is 5.69. The summed E-state index contributed by atoms with van der Waals surface area (Å²) in [6, 6.07) is 0. The number of rotatable bonds is 19. The zero-order valence-electron chi connectivity index (χ0n) is 20.3. The maximum atomic E-state index is 11.6. The van der Waals surface area contributed by atoms with Crippen LogP contribution in [0.4, 0.5) is 0 Å². The third-order valence-corrected chi connectivity index (χ3v) is 5.21. The summed E-state index contributed by atoms with van der Waals surface area (Å²) < 4.78 is 5.27. The summed E-state index contributed by atoms with van der Waals surface area (Å²) in [5, 5.41) is 0. The first-order valence-corrected chi connectivity index (χ1v) is 12.8. The Bertz CT molecular complexity index is 288. The molecule has 0 aromatic rings. The van der Waals surface area contributed by atoms with E-state index in [2.05, 4.69) is 34.6 Å². The second-order valence-electron chi connectivity index (χ2n) is 8.60. The van der Waals surface area contributed by atoms with Crippen LogP contribution in [0.15, 0.2) is 0 Å². The van der Waals surface area contributed by atoms with Gasteiger partial charge in [0.1, 0.15) is 0 Å². The fourth-order valence-electron chi connectivity index (χ4n) is 3.07. The van der Waals surface area contributed by atoms with Crippen LogP contribution in [0.2, 0.25) is 0 Å². The zero-order chi connectivity index (χ0) is 21.3. The highest BCUT2D eigenvalue weighted by Crippen LogP contribution is 2.14. The first kappa shape index (κ1) is 29.7. The molecule has 28 heavy (non-hydrogen) atoms. The lowest BCUT2D eigenvalue weighted by atomic mass is 10.0. The van der Waals surface area contributed by atoms with Crippen molar-refractivity contribution in [1.82, 2.24) is 0 Å². The summed E-state index contributed by atoms with van der Waals surface area (Å²) in [6.07, 6.45) is 23.3. The molecule has 1 atom stereocenters. The maximum absolute atomic E-state index is 11.6. The molecule has 0 aromatic heterocycles. The van der Waals surface area contributed by atoms with Crippen LogP contribution >= 0.6 is 0 Å². The molecule has 0 bridgehead atoms. The molecule has 0 radical (unpaired) electrons. The number of unbranched alkanes of at least 4 members (excludes halogenated alkanes) is 14. The van der Waals surface area contributed by atoms with E-state index in [0.717, 1.165) is 12.8 Å². The number of carbonyl (C=O) groups excluding carboxylic acids is 1. The molecule has 0 fully saturated rings. The van der Waals surface area contributed by atoms with Crippen molar-refractivity contribution in [2.75, 3.05) is 6.61 Å². The second kappa shape index (κ2) is 26.5. The third kappa shape index (κ3) is 27.7. The maximum Gasteiger partial charge on any atom is 0.305 e. The van der Waals surface area contributed by atoms with Crippen LogP contribution in [0.3, 0.4) is 0 Å². The highest BCUT2D eigenvalue weighted by atomic mass is 16.5. The predicted molar refractivity (Wildman–Crippen MR) is 126 cm³/mol. The van der Waals surface area contributed by atoms with E-state index in [1.165, 1.54) is 96.3 Å². The lowest BCUT2D eigenvalue weighted by Gasteiger charge is -2.09. The van der Waals surface area contributed by atoms with E-state index in [4.69, 9.17) is 4.74 Å². The molecule has 2 nitrogen and oxygen atoms in total. The molecule has 0 amide bonds. The number of carbonyl (C=O) groups is 1. The molecule has 0 aliphatic heterocycles. The lowest BCUT2D eigenvalue weighted by molar-refractivity contribution is -0.145. The minimum Gasteiger partial charge on any atom is -0.465 e. The third-order valence-electron chi connectivity index (χ3n) is 5.21. The van der Waals surface area contributed by atoms with E-state index in [1.54, 1.807) is 0 Å². The smallest absolute Gasteiger partial charge is 0.305 e. The Hall–Kier alpha value is -0.530. The van der Waals surface area contributed by atoms with E-state index in [9.17, 15) is 4.79 Å². The van der Waals surface area contributed by atoms with Crippen molar-refractivity contribution in [2.24, 2.45) is 5.92 Å². The van der Waals surface area contributed by atoms with Gasteiger partial charge < -0.3 is 4.74 Å². The van der Waals surface area contributed by atoms with Crippen LogP contribution in [0.1, 0.15) is 150 Å². The Labute approximate surface area is 178 Å². The molecule has 0 spiro atoms. The molecular weight excluding hydrogens is 344 g/mol. The second-order valence-corrected chi connectivity index (χ2v) is 8.60. The summed E-state index contributed by atoms with van der Waals surface area (Å²) >= 11 is 0. The summed E-state index contributed by atoms with van der Waals surface area (Å²) in [7, 11) is 0. The minimum atomic E-state index is -0.00464. The summed E-state index contributed by atoms with van der Waals surface area (Å²) in [5.74, 6) is 0.486. The van der Waals surface area contributed by atoms with Gasteiger partial charge in [-0.15, -0.1) is 0 Å². The molecule has 1 unspecified atom stereocenters. The fourth-order valence-corrected chi connectivity index (χ4v) is 3.07. The quantitative estimate of drug-likeness (QED) is 0.160. The average Bonchev–Trinajstić information content (AvgIpc) is 2.69. The molecule has 0 saturated heterocycles. The summed E-state index contributed by atoms with van der Waals surface area (Å²) in [5.41, 5.74) is 0. The van der Waals surface area contributed by atoms with E-state index in [1.807, 2.05) is 0 Å². The monoisotopic (exact) mass is 398 g/mol. The van der Waals surface area contributed by atoms with Gasteiger partial charge in [-0.3, -0.25) is 4.79 Å². The first-order valence-electron chi connectivity index (χ1n) is 12.8. The molecule has 2 heteroatoms. The highest BCUT2D eigenvalue weighted by Gasteiger charge is 2.05. The molecule has 170 valence electrons. The van der Waals surface area contributed by atoms with Gasteiger partial charge in [-0.2, -0.15) is 0 Å². The van der Waals surface area contributed by atoms with Gasteiger partial charge in [0.2, 0.25) is 0 Å².